The normalized spacial score (nSPS) is 27.1. The van der Waals surface area contributed by atoms with Crippen molar-refractivity contribution in [3.8, 4) is 0 Å². The Hall–Kier alpha value is -2.92. The number of esters is 2. The van der Waals surface area contributed by atoms with E-state index >= 15 is 0 Å². The molecular formula is C18H24N2O9. The number of amides is 1. The fraction of sp³-hybridized carbons (Fsp3) is 0.556. The molecule has 0 aromatic rings. The van der Waals surface area contributed by atoms with Gasteiger partial charge in [0.1, 0.15) is 12.7 Å². The van der Waals surface area contributed by atoms with Gasteiger partial charge in [-0.2, -0.15) is 0 Å². The largest absolute Gasteiger partial charge is 0.479 e. The number of nitrogens with two attached hydrogens (primary N) is 1. The Balaban J connectivity index is 2.08. The molecular weight excluding hydrogens is 388 g/mol. The SMILES string of the molecule is CC(=O)O[C@@H]1[C@H](C)[C@@H](COC(=O)C[C@H](O)C(=O)O)O[C@H]1N1C=CCC(C(N)=O)=C1. The van der Waals surface area contributed by atoms with Gasteiger partial charge < -0.3 is 35.1 Å². The molecule has 11 heteroatoms. The number of aliphatic carboxylic acids is 1. The monoisotopic (exact) mass is 412 g/mol. The van der Waals surface area contributed by atoms with Gasteiger partial charge in [0.15, 0.2) is 18.4 Å². The van der Waals surface area contributed by atoms with Crippen molar-refractivity contribution in [3.05, 3.63) is 24.0 Å². The number of carboxylic acid groups (broad SMARTS) is 1. The number of carboxylic acids is 1. The summed E-state index contributed by atoms with van der Waals surface area (Å²) in [6, 6.07) is 0. The maximum Gasteiger partial charge on any atom is 0.333 e. The number of carbonyl (C=O) groups is 4. The molecule has 0 aromatic carbocycles. The highest BCUT2D eigenvalue weighted by molar-refractivity contribution is 5.92. The Kier molecular flexibility index (Phi) is 7.35. The van der Waals surface area contributed by atoms with Gasteiger partial charge in [0.2, 0.25) is 5.91 Å². The van der Waals surface area contributed by atoms with Crippen LogP contribution in [0.25, 0.3) is 0 Å². The Morgan fingerprint density at radius 1 is 1.38 bits per heavy atom. The Labute approximate surface area is 166 Å². The molecule has 0 unspecified atom stereocenters. The van der Waals surface area contributed by atoms with Gasteiger partial charge in [0.25, 0.3) is 0 Å². The van der Waals surface area contributed by atoms with Gasteiger partial charge in [-0.1, -0.05) is 13.0 Å². The average Bonchev–Trinajstić information content (AvgIpc) is 2.95. The summed E-state index contributed by atoms with van der Waals surface area (Å²) in [5.41, 5.74) is 5.68. The topological polar surface area (TPSA) is 166 Å². The van der Waals surface area contributed by atoms with Crippen molar-refractivity contribution < 1.29 is 43.6 Å². The number of hydrogen-bond acceptors (Lipinski definition) is 9. The molecule has 0 aliphatic carbocycles. The third kappa shape index (κ3) is 5.78. The van der Waals surface area contributed by atoms with E-state index in [1.165, 1.54) is 13.1 Å². The number of allylic oxidation sites excluding steroid dienone is 1. The van der Waals surface area contributed by atoms with E-state index in [1.807, 2.05) is 0 Å². The van der Waals surface area contributed by atoms with E-state index < -0.39 is 54.8 Å². The van der Waals surface area contributed by atoms with Gasteiger partial charge in [-0.3, -0.25) is 14.4 Å². The van der Waals surface area contributed by atoms with E-state index in [2.05, 4.69) is 0 Å². The number of aliphatic hydroxyl groups excluding tert-OH is 1. The van der Waals surface area contributed by atoms with Gasteiger partial charge in [-0.15, -0.1) is 0 Å². The molecule has 2 aliphatic rings. The van der Waals surface area contributed by atoms with E-state index in [1.54, 1.807) is 24.1 Å². The minimum Gasteiger partial charge on any atom is -0.479 e. The summed E-state index contributed by atoms with van der Waals surface area (Å²) < 4.78 is 16.3. The van der Waals surface area contributed by atoms with E-state index in [-0.39, 0.29) is 12.5 Å². The quantitative estimate of drug-likeness (QED) is 0.432. The minimum atomic E-state index is -1.86. The van der Waals surface area contributed by atoms with Crippen LogP contribution in [-0.4, -0.2) is 70.1 Å². The summed E-state index contributed by atoms with van der Waals surface area (Å²) in [6.07, 6.45) is 0.497. The van der Waals surface area contributed by atoms with Crippen molar-refractivity contribution >= 4 is 23.8 Å². The predicted molar refractivity (Wildman–Crippen MR) is 95.5 cm³/mol. The van der Waals surface area contributed by atoms with Crippen molar-refractivity contribution in [1.82, 2.24) is 4.90 Å². The Bertz CT molecular complexity index is 733. The van der Waals surface area contributed by atoms with Gasteiger partial charge in [0, 0.05) is 30.8 Å². The number of nitrogens with zero attached hydrogens (tertiary/aromatic N) is 1. The minimum absolute atomic E-state index is 0.232. The van der Waals surface area contributed by atoms with E-state index in [0.29, 0.717) is 12.0 Å². The average molecular weight is 412 g/mol. The lowest BCUT2D eigenvalue weighted by Gasteiger charge is -2.30. The molecule has 2 rings (SSSR count). The summed E-state index contributed by atoms with van der Waals surface area (Å²) in [5.74, 6) is -3.94. The third-order valence-electron chi connectivity index (χ3n) is 4.59. The molecule has 2 heterocycles. The number of rotatable bonds is 8. The number of hydrogen-bond donors (Lipinski definition) is 3. The van der Waals surface area contributed by atoms with Crippen LogP contribution in [0.3, 0.4) is 0 Å². The van der Waals surface area contributed by atoms with Crippen LogP contribution in [0, 0.1) is 5.92 Å². The smallest absolute Gasteiger partial charge is 0.333 e. The van der Waals surface area contributed by atoms with Crippen LogP contribution >= 0.6 is 0 Å². The van der Waals surface area contributed by atoms with Gasteiger partial charge in [0.05, 0.1) is 6.42 Å². The van der Waals surface area contributed by atoms with Crippen molar-refractivity contribution in [1.29, 1.82) is 0 Å². The van der Waals surface area contributed by atoms with Gasteiger partial charge in [-0.25, -0.2) is 4.79 Å². The molecule has 160 valence electrons. The molecule has 0 bridgehead atoms. The van der Waals surface area contributed by atoms with E-state index in [4.69, 9.17) is 25.1 Å². The molecule has 0 spiro atoms. The molecule has 0 radical (unpaired) electrons. The van der Waals surface area contributed by atoms with Crippen molar-refractivity contribution in [2.24, 2.45) is 11.7 Å². The van der Waals surface area contributed by atoms with Crippen LogP contribution in [0.15, 0.2) is 24.0 Å². The van der Waals surface area contributed by atoms with Crippen LogP contribution in [0.1, 0.15) is 26.7 Å². The summed E-state index contributed by atoms with van der Waals surface area (Å²) in [5, 5.41) is 17.8. The molecule has 4 N–H and O–H groups in total. The molecule has 1 amide bonds. The molecule has 0 aromatic heterocycles. The first-order valence-corrected chi connectivity index (χ1v) is 8.94. The first-order valence-electron chi connectivity index (χ1n) is 8.94. The lowest BCUT2D eigenvalue weighted by atomic mass is 10.00. The van der Waals surface area contributed by atoms with Crippen LogP contribution in [0.2, 0.25) is 0 Å². The Morgan fingerprint density at radius 3 is 2.66 bits per heavy atom. The van der Waals surface area contributed by atoms with Crippen molar-refractivity contribution in [2.45, 2.75) is 51.2 Å². The zero-order valence-electron chi connectivity index (χ0n) is 16.0. The number of carbonyl (C=O) groups excluding carboxylic acids is 3. The number of ether oxygens (including phenoxy) is 3. The summed E-state index contributed by atoms with van der Waals surface area (Å²) in [6.45, 7) is 2.76. The van der Waals surface area contributed by atoms with Gasteiger partial charge >= 0.3 is 17.9 Å². The Morgan fingerprint density at radius 2 is 2.07 bits per heavy atom. The summed E-state index contributed by atoms with van der Waals surface area (Å²) in [7, 11) is 0. The van der Waals surface area contributed by atoms with Crippen LogP contribution in [0.5, 0.6) is 0 Å². The zero-order chi connectivity index (χ0) is 21.7. The van der Waals surface area contributed by atoms with Crippen LogP contribution in [-0.2, 0) is 33.4 Å². The third-order valence-corrected chi connectivity index (χ3v) is 4.59. The summed E-state index contributed by atoms with van der Waals surface area (Å²) in [4.78, 5) is 46.9. The highest BCUT2D eigenvalue weighted by atomic mass is 16.6. The second-order valence-corrected chi connectivity index (χ2v) is 6.79. The molecule has 0 saturated carbocycles. The number of aliphatic hydroxyl groups is 1. The maximum atomic E-state index is 11.7. The second kappa shape index (κ2) is 9.52. The molecule has 5 atom stereocenters. The van der Waals surface area contributed by atoms with Crippen LogP contribution < -0.4 is 5.73 Å². The lowest BCUT2D eigenvalue weighted by Crippen LogP contribution is -2.40. The molecule has 1 saturated heterocycles. The number of primary amides is 1. The standard InChI is InChI=1S/C18H24N2O9/c1-9-13(8-27-14(23)6-12(22)18(25)26)29-17(15(9)28-10(2)21)20-5-3-4-11(7-20)16(19)24/h3,5,7,9,12-13,15,17,22H,4,6,8H2,1-2H3,(H2,19,24)(H,25,26)/t9-,12+,13-,15-,17-/m1/s1. The first kappa shape index (κ1) is 22.4. The lowest BCUT2D eigenvalue weighted by molar-refractivity contribution is -0.159. The molecule has 1 fully saturated rings. The second-order valence-electron chi connectivity index (χ2n) is 6.79. The van der Waals surface area contributed by atoms with Crippen molar-refractivity contribution in [2.75, 3.05) is 6.61 Å². The summed E-state index contributed by atoms with van der Waals surface area (Å²) >= 11 is 0. The highest BCUT2D eigenvalue weighted by Gasteiger charge is 2.47. The predicted octanol–water partition coefficient (Wildman–Crippen LogP) is -0.753. The van der Waals surface area contributed by atoms with E-state index in [9.17, 15) is 24.3 Å². The van der Waals surface area contributed by atoms with E-state index in [0.717, 1.165) is 0 Å². The van der Waals surface area contributed by atoms with Crippen molar-refractivity contribution in [3.63, 3.8) is 0 Å². The fourth-order valence-corrected chi connectivity index (χ4v) is 3.02. The first-order chi connectivity index (χ1) is 13.6. The molecule has 2 aliphatic heterocycles. The molecule has 11 nitrogen and oxygen atoms in total. The molecule has 29 heavy (non-hydrogen) atoms. The zero-order valence-corrected chi connectivity index (χ0v) is 16.0. The van der Waals surface area contributed by atoms with Crippen LogP contribution in [0.4, 0.5) is 0 Å². The van der Waals surface area contributed by atoms with Gasteiger partial charge in [-0.05, 0) is 6.42 Å². The highest BCUT2D eigenvalue weighted by Crippen LogP contribution is 2.33. The maximum absolute atomic E-state index is 11.7. The fourth-order valence-electron chi connectivity index (χ4n) is 3.02.